The first-order valence-electron chi connectivity index (χ1n) is 8.45. The zero-order valence-electron chi connectivity index (χ0n) is 13.3. The highest BCUT2D eigenvalue weighted by atomic mass is 16.5. The summed E-state index contributed by atoms with van der Waals surface area (Å²) in [4.78, 5) is 0. The monoisotopic (exact) mass is 314 g/mol. The molecule has 2 heteroatoms. The lowest BCUT2D eigenvalue weighted by atomic mass is 9.79. The van der Waals surface area contributed by atoms with E-state index in [0.29, 0.717) is 0 Å². The van der Waals surface area contributed by atoms with Crippen LogP contribution in [0.4, 0.5) is 0 Å². The molecule has 3 aromatic rings. The van der Waals surface area contributed by atoms with E-state index in [2.05, 4.69) is 54.6 Å². The molecular formula is C22H18O2. The molecule has 0 radical (unpaired) electrons. The fourth-order valence-corrected chi connectivity index (χ4v) is 3.94. The molecule has 5 rings (SSSR count). The maximum Gasteiger partial charge on any atom is 0.134 e. The van der Waals surface area contributed by atoms with Crippen LogP contribution in [0.3, 0.4) is 0 Å². The molecule has 2 heterocycles. The van der Waals surface area contributed by atoms with Crippen LogP contribution in [0.25, 0.3) is 0 Å². The second-order valence-corrected chi connectivity index (χ2v) is 6.50. The average molecular weight is 314 g/mol. The third kappa shape index (κ3) is 2.10. The summed E-state index contributed by atoms with van der Waals surface area (Å²) in [7, 11) is 0. The normalized spacial score (nSPS) is 23.9. The summed E-state index contributed by atoms with van der Waals surface area (Å²) in [5, 5.41) is 0. The molecular weight excluding hydrogens is 296 g/mol. The van der Waals surface area contributed by atoms with Crippen LogP contribution in [0.2, 0.25) is 0 Å². The topological polar surface area (TPSA) is 18.5 Å². The van der Waals surface area contributed by atoms with Crippen LogP contribution in [-0.2, 0) is 6.42 Å². The summed E-state index contributed by atoms with van der Waals surface area (Å²) in [6, 6.07) is 27.1. The van der Waals surface area contributed by atoms with Gasteiger partial charge in [0.1, 0.15) is 23.7 Å². The Morgan fingerprint density at radius 1 is 0.625 bits per heavy atom. The van der Waals surface area contributed by atoms with E-state index in [9.17, 15) is 0 Å². The van der Waals surface area contributed by atoms with Crippen LogP contribution >= 0.6 is 0 Å². The van der Waals surface area contributed by atoms with Crippen LogP contribution in [0.15, 0.2) is 78.9 Å². The fraction of sp³-hybridized carbons (Fsp3) is 0.182. The van der Waals surface area contributed by atoms with Gasteiger partial charge in [0.25, 0.3) is 0 Å². The Labute approximate surface area is 141 Å². The van der Waals surface area contributed by atoms with Crippen LogP contribution in [0.5, 0.6) is 11.5 Å². The minimum Gasteiger partial charge on any atom is -0.485 e. The van der Waals surface area contributed by atoms with Crippen molar-refractivity contribution in [3.05, 3.63) is 95.6 Å². The largest absolute Gasteiger partial charge is 0.485 e. The third-order valence-electron chi connectivity index (χ3n) is 5.07. The molecule has 0 saturated carbocycles. The molecule has 24 heavy (non-hydrogen) atoms. The molecule has 3 atom stereocenters. The lowest BCUT2D eigenvalue weighted by Gasteiger charge is -2.42. The predicted molar refractivity (Wildman–Crippen MR) is 93.3 cm³/mol. The molecule has 2 nitrogen and oxygen atoms in total. The predicted octanol–water partition coefficient (Wildman–Crippen LogP) is 5.11. The first-order valence-corrected chi connectivity index (χ1v) is 8.45. The number of para-hydroxylation sites is 2. The minimum absolute atomic E-state index is 0.0134. The zero-order valence-corrected chi connectivity index (χ0v) is 13.3. The molecule has 2 aliphatic heterocycles. The molecule has 0 bridgehead atoms. The number of rotatable bonds is 1. The van der Waals surface area contributed by atoms with Crippen molar-refractivity contribution in [2.45, 2.75) is 18.6 Å². The highest BCUT2D eigenvalue weighted by molar-refractivity contribution is 5.44. The fourth-order valence-electron chi connectivity index (χ4n) is 3.94. The van der Waals surface area contributed by atoms with Gasteiger partial charge in [-0.2, -0.15) is 0 Å². The Hall–Kier alpha value is -2.74. The van der Waals surface area contributed by atoms with Crippen molar-refractivity contribution in [2.75, 3.05) is 0 Å². The van der Waals surface area contributed by atoms with Crippen molar-refractivity contribution in [3.63, 3.8) is 0 Å². The molecule has 0 unspecified atom stereocenters. The van der Waals surface area contributed by atoms with Crippen molar-refractivity contribution in [1.29, 1.82) is 0 Å². The molecule has 0 fully saturated rings. The first kappa shape index (κ1) is 13.7. The van der Waals surface area contributed by atoms with E-state index in [1.54, 1.807) is 0 Å². The smallest absolute Gasteiger partial charge is 0.134 e. The van der Waals surface area contributed by atoms with Crippen LogP contribution in [0, 0.1) is 5.92 Å². The molecule has 3 aromatic carbocycles. The molecule has 0 N–H and O–H groups in total. The van der Waals surface area contributed by atoms with Gasteiger partial charge in [0, 0.05) is 11.5 Å². The van der Waals surface area contributed by atoms with Gasteiger partial charge in [-0.3, -0.25) is 0 Å². The first-order chi connectivity index (χ1) is 11.9. The number of hydrogen-bond donors (Lipinski definition) is 0. The standard InChI is InChI=1S/C22H18O2/c1-2-8-15(9-3-1)21-18-14-16-10-4-6-12-19(16)23-22(18)17-11-5-7-13-20(17)24-21/h1-13,18,21-22H,14H2/t18-,21-,22+/m0/s1. The van der Waals surface area contributed by atoms with Gasteiger partial charge in [-0.25, -0.2) is 0 Å². The van der Waals surface area contributed by atoms with E-state index in [-0.39, 0.29) is 18.1 Å². The molecule has 0 amide bonds. The highest BCUT2D eigenvalue weighted by Crippen LogP contribution is 2.51. The zero-order chi connectivity index (χ0) is 15.9. The Balaban J connectivity index is 1.65. The summed E-state index contributed by atoms with van der Waals surface area (Å²) < 4.78 is 12.9. The van der Waals surface area contributed by atoms with Crippen LogP contribution in [-0.4, -0.2) is 0 Å². The Kier molecular flexibility index (Phi) is 3.08. The van der Waals surface area contributed by atoms with Gasteiger partial charge >= 0.3 is 0 Å². The van der Waals surface area contributed by atoms with E-state index >= 15 is 0 Å². The average Bonchev–Trinajstić information content (AvgIpc) is 2.66. The number of benzene rings is 3. The summed E-state index contributed by atoms with van der Waals surface area (Å²) in [6.45, 7) is 0. The maximum absolute atomic E-state index is 6.43. The molecule has 0 spiro atoms. The Bertz CT molecular complexity index is 872. The number of ether oxygens (including phenoxy) is 2. The van der Waals surface area contributed by atoms with Gasteiger partial charge < -0.3 is 9.47 Å². The Morgan fingerprint density at radius 2 is 1.29 bits per heavy atom. The van der Waals surface area contributed by atoms with E-state index < -0.39 is 0 Å². The minimum atomic E-state index is 0.0134. The van der Waals surface area contributed by atoms with Crippen molar-refractivity contribution in [3.8, 4) is 11.5 Å². The van der Waals surface area contributed by atoms with Gasteiger partial charge in [-0.1, -0.05) is 66.7 Å². The second-order valence-electron chi connectivity index (χ2n) is 6.50. The van der Waals surface area contributed by atoms with Gasteiger partial charge in [0.15, 0.2) is 0 Å². The summed E-state index contributed by atoms with van der Waals surface area (Å²) in [5.41, 5.74) is 3.64. The number of fused-ring (bicyclic) bond motifs is 4. The van der Waals surface area contributed by atoms with Crippen molar-refractivity contribution >= 4 is 0 Å². The second kappa shape index (κ2) is 5.41. The van der Waals surface area contributed by atoms with Crippen molar-refractivity contribution in [1.82, 2.24) is 0 Å². The lowest BCUT2D eigenvalue weighted by molar-refractivity contribution is 0.000386. The van der Waals surface area contributed by atoms with Crippen molar-refractivity contribution in [2.24, 2.45) is 5.92 Å². The quantitative estimate of drug-likeness (QED) is 0.621. The van der Waals surface area contributed by atoms with Gasteiger partial charge in [0.2, 0.25) is 0 Å². The SMILES string of the molecule is c1ccc([C@@H]2Oc3ccccc3[C@H]3Oc4ccccc4C[C@H]32)cc1. The van der Waals surface area contributed by atoms with E-state index in [1.165, 1.54) is 11.1 Å². The highest BCUT2D eigenvalue weighted by Gasteiger charge is 2.43. The molecule has 0 aliphatic carbocycles. The Morgan fingerprint density at radius 3 is 2.17 bits per heavy atom. The molecule has 2 aliphatic rings. The summed E-state index contributed by atoms with van der Waals surface area (Å²) in [6.07, 6.45) is 1.02. The third-order valence-corrected chi connectivity index (χ3v) is 5.07. The van der Waals surface area contributed by atoms with Crippen LogP contribution < -0.4 is 9.47 Å². The summed E-state index contributed by atoms with van der Waals surface area (Å²) >= 11 is 0. The van der Waals surface area contributed by atoms with E-state index in [4.69, 9.17) is 9.47 Å². The van der Waals surface area contributed by atoms with Crippen LogP contribution in [0.1, 0.15) is 28.9 Å². The van der Waals surface area contributed by atoms with Gasteiger partial charge in [-0.05, 0) is 29.7 Å². The van der Waals surface area contributed by atoms with E-state index in [1.807, 2.05) is 24.3 Å². The van der Waals surface area contributed by atoms with E-state index in [0.717, 1.165) is 23.5 Å². The molecule has 118 valence electrons. The van der Waals surface area contributed by atoms with Gasteiger partial charge in [0.05, 0.1) is 0 Å². The molecule has 0 aromatic heterocycles. The van der Waals surface area contributed by atoms with Gasteiger partial charge in [-0.15, -0.1) is 0 Å². The number of hydrogen-bond acceptors (Lipinski definition) is 2. The molecule has 0 saturated heterocycles. The maximum atomic E-state index is 6.43. The lowest BCUT2D eigenvalue weighted by Crippen LogP contribution is -2.36. The van der Waals surface area contributed by atoms with Crippen molar-refractivity contribution < 1.29 is 9.47 Å². The summed E-state index contributed by atoms with van der Waals surface area (Å²) in [5.74, 6) is 2.21.